The fourth-order valence-electron chi connectivity index (χ4n) is 2.41. The van der Waals surface area contributed by atoms with Crippen LogP contribution >= 0.6 is 11.3 Å². The van der Waals surface area contributed by atoms with Gasteiger partial charge < -0.3 is 10.4 Å². The van der Waals surface area contributed by atoms with Crippen molar-refractivity contribution >= 4 is 16.3 Å². The van der Waals surface area contributed by atoms with Gasteiger partial charge in [0.25, 0.3) is 0 Å². The number of nitrogens with zero attached hydrogens (tertiary/aromatic N) is 2. The van der Waals surface area contributed by atoms with E-state index in [2.05, 4.69) is 47.8 Å². The van der Waals surface area contributed by atoms with E-state index in [0.29, 0.717) is 12.0 Å². The number of rotatable bonds is 6. The Morgan fingerprint density at radius 3 is 2.79 bits per heavy atom. The highest BCUT2D eigenvalue weighted by molar-refractivity contribution is 7.15. The van der Waals surface area contributed by atoms with Gasteiger partial charge in [0, 0.05) is 30.3 Å². The summed E-state index contributed by atoms with van der Waals surface area (Å²) in [4.78, 5) is 5.66. The second kappa shape index (κ2) is 6.03. The van der Waals surface area contributed by atoms with Gasteiger partial charge in [-0.05, 0) is 26.2 Å². The van der Waals surface area contributed by atoms with Crippen molar-refractivity contribution in [2.45, 2.75) is 46.7 Å². The number of aliphatic hydroxyl groups excluding tert-OH is 1. The molecule has 2 rings (SSSR count). The van der Waals surface area contributed by atoms with Crippen LogP contribution in [0.5, 0.6) is 0 Å². The van der Waals surface area contributed by atoms with Crippen LogP contribution in [0.15, 0.2) is 5.38 Å². The summed E-state index contributed by atoms with van der Waals surface area (Å²) in [6, 6.07) is 0.342. The molecule has 0 saturated heterocycles. The summed E-state index contributed by atoms with van der Waals surface area (Å²) in [6.07, 6.45) is 0.793. The summed E-state index contributed by atoms with van der Waals surface area (Å²) in [5.41, 5.74) is 3.56. The molecule has 0 bridgehead atoms. The molecule has 0 spiro atoms. The number of aromatic nitrogens is 2. The van der Waals surface area contributed by atoms with Crippen LogP contribution in [0.25, 0.3) is 4.96 Å². The summed E-state index contributed by atoms with van der Waals surface area (Å²) in [7, 11) is 0. The van der Waals surface area contributed by atoms with E-state index in [1.165, 1.54) is 11.4 Å². The number of aryl methyl sites for hydroxylation is 2. The van der Waals surface area contributed by atoms with Crippen molar-refractivity contribution in [1.29, 1.82) is 0 Å². The molecule has 2 aromatic heterocycles. The minimum absolute atomic E-state index is 0.230. The van der Waals surface area contributed by atoms with Gasteiger partial charge >= 0.3 is 0 Å². The number of hydrogen-bond donors (Lipinski definition) is 2. The largest absolute Gasteiger partial charge is 0.396 e. The van der Waals surface area contributed by atoms with Crippen LogP contribution in [0, 0.1) is 19.8 Å². The standard InChI is InChI=1S/C14H23N3OS/c1-9(2)12(5-6-18)15-7-13-11(4)16-14-17(13)10(3)8-19-14/h8-9,12,15,18H,5-7H2,1-4H3. The van der Waals surface area contributed by atoms with Gasteiger partial charge in [0.15, 0.2) is 4.96 Å². The fraction of sp³-hybridized carbons (Fsp3) is 0.643. The summed E-state index contributed by atoms with van der Waals surface area (Å²) in [6.45, 7) is 9.57. The molecule has 106 valence electrons. The molecule has 1 atom stereocenters. The zero-order valence-corrected chi connectivity index (χ0v) is 12.9. The molecule has 0 radical (unpaired) electrons. The molecule has 2 aromatic rings. The first kappa shape index (κ1) is 14.5. The molecule has 0 aliphatic rings. The maximum atomic E-state index is 9.12. The first-order valence-corrected chi connectivity index (χ1v) is 7.68. The van der Waals surface area contributed by atoms with Crippen LogP contribution in [-0.4, -0.2) is 27.1 Å². The van der Waals surface area contributed by atoms with Gasteiger partial charge in [-0.2, -0.15) is 0 Å². The SMILES string of the molecule is Cc1nc2scc(C)n2c1CNC(CCO)C(C)C. The molecule has 0 saturated carbocycles. The zero-order valence-electron chi connectivity index (χ0n) is 12.1. The number of fused-ring (bicyclic) bond motifs is 1. The Labute approximate surface area is 118 Å². The first-order chi connectivity index (χ1) is 9.04. The van der Waals surface area contributed by atoms with Crippen molar-refractivity contribution in [3.63, 3.8) is 0 Å². The lowest BCUT2D eigenvalue weighted by Gasteiger charge is -2.21. The number of imidazole rings is 1. The summed E-state index contributed by atoms with van der Waals surface area (Å²) in [5, 5.41) is 14.8. The molecular formula is C14H23N3OS. The summed E-state index contributed by atoms with van der Waals surface area (Å²) < 4.78 is 2.23. The predicted octanol–water partition coefficient (Wildman–Crippen LogP) is 2.51. The molecular weight excluding hydrogens is 258 g/mol. The highest BCUT2D eigenvalue weighted by atomic mass is 32.1. The molecule has 0 aliphatic carbocycles. The Hall–Kier alpha value is -0.910. The van der Waals surface area contributed by atoms with Crippen molar-refractivity contribution in [2.75, 3.05) is 6.61 Å². The van der Waals surface area contributed by atoms with Crippen LogP contribution in [-0.2, 0) is 6.54 Å². The zero-order chi connectivity index (χ0) is 14.0. The average molecular weight is 281 g/mol. The van der Waals surface area contributed by atoms with Crippen molar-refractivity contribution in [2.24, 2.45) is 5.92 Å². The van der Waals surface area contributed by atoms with Gasteiger partial charge in [0.1, 0.15) is 0 Å². The Morgan fingerprint density at radius 1 is 1.42 bits per heavy atom. The first-order valence-electron chi connectivity index (χ1n) is 6.80. The third-order valence-corrected chi connectivity index (χ3v) is 4.55. The van der Waals surface area contributed by atoms with Crippen LogP contribution in [0.4, 0.5) is 0 Å². The second-order valence-electron chi connectivity index (χ2n) is 5.38. The van der Waals surface area contributed by atoms with E-state index >= 15 is 0 Å². The maximum Gasteiger partial charge on any atom is 0.194 e. The molecule has 2 N–H and O–H groups in total. The topological polar surface area (TPSA) is 49.6 Å². The molecule has 0 fully saturated rings. The van der Waals surface area contributed by atoms with Crippen molar-refractivity contribution in [3.8, 4) is 0 Å². The summed E-state index contributed by atoms with van der Waals surface area (Å²) in [5.74, 6) is 0.513. The molecule has 0 aliphatic heterocycles. The fourth-order valence-corrected chi connectivity index (χ4v) is 3.34. The normalized spacial score (nSPS) is 13.6. The Morgan fingerprint density at radius 2 is 2.16 bits per heavy atom. The van der Waals surface area contributed by atoms with E-state index in [-0.39, 0.29) is 6.61 Å². The quantitative estimate of drug-likeness (QED) is 0.855. The van der Waals surface area contributed by atoms with E-state index in [1.54, 1.807) is 11.3 Å². The minimum atomic E-state index is 0.230. The van der Waals surface area contributed by atoms with E-state index in [4.69, 9.17) is 5.11 Å². The van der Waals surface area contributed by atoms with E-state index in [9.17, 15) is 0 Å². The van der Waals surface area contributed by atoms with Crippen molar-refractivity contribution < 1.29 is 5.11 Å². The molecule has 2 heterocycles. The number of hydrogen-bond acceptors (Lipinski definition) is 4. The Bertz CT molecular complexity index is 544. The van der Waals surface area contributed by atoms with Crippen LogP contribution in [0.2, 0.25) is 0 Å². The van der Waals surface area contributed by atoms with Crippen molar-refractivity contribution in [3.05, 3.63) is 22.5 Å². The number of nitrogens with one attached hydrogen (secondary N) is 1. The Kier molecular flexibility index (Phi) is 4.60. The van der Waals surface area contributed by atoms with Gasteiger partial charge in [-0.3, -0.25) is 4.40 Å². The smallest absolute Gasteiger partial charge is 0.194 e. The molecule has 19 heavy (non-hydrogen) atoms. The molecule has 4 nitrogen and oxygen atoms in total. The van der Waals surface area contributed by atoms with E-state index in [0.717, 1.165) is 23.6 Å². The van der Waals surface area contributed by atoms with Gasteiger partial charge in [-0.1, -0.05) is 13.8 Å². The summed E-state index contributed by atoms with van der Waals surface area (Å²) >= 11 is 1.68. The van der Waals surface area contributed by atoms with Crippen LogP contribution in [0.3, 0.4) is 0 Å². The molecule has 1 unspecified atom stereocenters. The molecule has 5 heteroatoms. The molecule has 0 amide bonds. The van der Waals surface area contributed by atoms with Crippen molar-refractivity contribution in [1.82, 2.24) is 14.7 Å². The minimum Gasteiger partial charge on any atom is -0.396 e. The average Bonchev–Trinajstić information content (AvgIpc) is 2.85. The van der Waals surface area contributed by atoms with Gasteiger partial charge in [-0.15, -0.1) is 11.3 Å². The van der Waals surface area contributed by atoms with Crippen LogP contribution in [0.1, 0.15) is 37.4 Å². The lowest BCUT2D eigenvalue weighted by molar-refractivity contribution is 0.243. The predicted molar refractivity (Wildman–Crippen MR) is 79.7 cm³/mol. The van der Waals surface area contributed by atoms with Crippen LogP contribution < -0.4 is 5.32 Å². The monoisotopic (exact) mass is 281 g/mol. The second-order valence-corrected chi connectivity index (χ2v) is 6.22. The Balaban J connectivity index is 2.16. The van der Waals surface area contributed by atoms with E-state index in [1.807, 2.05) is 0 Å². The highest BCUT2D eigenvalue weighted by Crippen LogP contribution is 2.20. The highest BCUT2D eigenvalue weighted by Gasteiger charge is 2.16. The third-order valence-electron chi connectivity index (χ3n) is 3.61. The van der Waals surface area contributed by atoms with Gasteiger partial charge in [0.2, 0.25) is 0 Å². The maximum absolute atomic E-state index is 9.12. The lowest BCUT2D eigenvalue weighted by Crippen LogP contribution is -2.34. The third kappa shape index (κ3) is 2.99. The number of thiazole rings is 1. The van der Waals surface area contributed by atoms with Gasteiger partial charge in [0.05, 0.1) is 11.4 Å². The number of aliphatic hydroxyl groups is 1. The lowest BCUT2D eigenvalue weighted by atomic mass is 10.0. The van der Waals surface area contributed by atoms with Gasteiger partial charge in [-0.25, -0.2) is 4.98 Å². The van der Waals surface area contributed by atoms with E-state index < -0.39 is 0 Å². The molecule has 0 aromatic carbocycles.